The smallest absolute Gasteiger partial charge is 0.191 e. The van der Waals surface area contributed by atoms with Crippen molar-refractivity contribution in [1.29, 1.82) is 0 Å². The average molecular weight is 468 g/mol. The third-order valence-corrected chi connectivity index (χ3v) is 4.63. The Labute approximate surface area is 173 Å². The standard InChI is InChI=1S/C19H28N6.HI/c1-16-15-17-7-3-4-8-18(17)25(16)14-11-22-19(20-2)21-9-5-12-24-13-6-10-23-24;/h3-4,6-8,10,13,16H,5,9,11-12,14-15H2,1-2H3,(H2,20,21,22);1H. The fraction of sp³-hybridized carbons (Fsp3) is 0.474. The normalized spacial score (nSPS) is 16.2. The van der Waals surface area contributed by atoms with Crippen LogP contribution in [0.2, 0.25) is 0 Å². The number of halogens is 1. The Hall–Kier alpha value is -1.77. The minimum absolute atomic E-state index is 0. The number of benzene rings is 1. The van der Waals surface area contributed by atoms with Gasteiger partial charge in [-0.15, -0.1) is 24.0 Å². The summed E-state index contributed by atoms with van der Waals surface area (Å²) in [5.41, 5.74) is 2.83. The molecule has 7 heteroatoms. The number of hydrogen-bond acceptors (Lipinski definition) is 3. The van der Waals surface area contributed by atoms with Crippen molar-refractivity contribution in [3.05, 3.63) is 48.3 Å². The van der Waals surface area contributed by atoms with Gasteiger partial charge in [-0.3, -0.25) is 9.67 Å². The first-order valence-electron chi connectivity index (χ1n) is 9.04. The van der Waals surface area contributed by atoms with Crippen LogP contribution in [0.4, 0.5) is 5.69 Å². The second-order valence-electron chi connectivity index (χ2n) is 6.42. The second kappa shape index (κ2) is 10.4. The van der Waals surface area contributed by atoms with Crippen LogP contribution in [0.15, 0.2) is 47.7 Å². The molecule has 1 aliphatic heterocycles. The van der Waals surface area contributed by atoms with Gasteiger partial charge in [0.25, 0.3) is 0 Å². The number of rotatable bonds is 7. The molecule has 0 fully saturated rings. The van der Waals surface area contributed by atoms with Gasteiger partial charge in [-0.2, -0.15) is 5.10 Å². The molecule has 2 N–H and O–H groups in total. The van der Waals surface area contributed by atoms with Crippen LogP contribution in [-0.4, -0.2) is 48.5 Å². The third-order valence-electron chi connectivity index (χ3n) is 4.63. The Morgan fingerprint density at radius 3 is 2.77 bits per heavy atom. The van der Waals surface area contributed by atoms with E-state index in [1.54, 1.807) is 0 Å². The number of nitrogens with one attached hydrogen (secondary N) is 2. The minimum Gasteiger partial charge on any atom is -0.367 e. The quantitative estimate of drug-likeness (QED) is 0.284. The van der Waals surface area contributed by atoms with E-state index in [0.29, 0.717) is 6.04 Å². The van der Waals surface area contributed by atoms with Gasteiger partial charge in [-0.1, -0.05) is 18.2 Å². The van der Waals surface area contributed by atoms with Crippen molar-refractivity contribution in [2.75, 3.05) is 31.6 Å². The van der Waals surface area contributed by atoms with Gasteiger partial charge in [0.15, 0.2) is 5.96 Å². The summed E-state index contributed by atoms with van der Waals surface area (Å²) in [5.74, 6) is 0.862. The molecule has 1 unspecified atom stereocenters. The molecule has 2 aromatic rings. The van der Waals surface area contributed by atoms with Crippen LogP contribution in [0.5, 0.6) is 0 Å². The van der Waals surface area contributed by atoms with Crippen LogP contribution in [0.25, 0.3) is 0 Å². The van der Waals surface area contributed by atoms with Gasteiger partial charge in [0, 0.05) is 57.3 Å². The summed E-state index contributed by atoms with van der Waals surface area (Å²) in [5, 5.41) is 11.0. The molecule has 0 radical (unpaired) electrons. The highest BCUT2D eigenvalue weighted by Gasteiger charge is 2.24. The number of fused-ring (bicyclic) bond motifs is 1. The fourth-order valence-corrected chi connectivity index (χ4v) is 3.37. The molecule has 1 atom stereocenters. The summed E-state index contributed by atoms with van der Waals surface area (Å²) < 4.78 is 1.95. The Balaban J connectivity index is 0.00000243. The summed E-state index contributed by atoms with van der Waals surface area (Å²) in [6, 6.07) is 11.2. The van der Waals surface area contributed by atoms with Crippen molar-refractivity contribution < 1.29 is 0 Å². The van der Waals surface area contributed by atoms with Gasteiger partial charge < -0.3 is 15.5 Å². The van der Waals surface area contributed by atoms with Gasteiger partial charge in [-0.25, -0.2) is 0 Å². The molecule has 0 spiro atoms. The number of anilines is 1. The Morgan fingerprint density at radius 2 is 2.00 bits per heavy atom. The van der Waals surface area contributed by atoms with Crippen molar-refractivity contribution in [3.8, 4) is 0 Å². The van der Waals surface area contributed by atoms with E-state index >= 15 is 0 Å². The molecule has 1 aliphatic rings. The van der Waals surface area contributed by atoms with Crippen molar-refractivity contribution >= 4 is 35.6 Å². The lowest BCUT2D eigenvalue weighted by Gasteiger charge is -2.25. The topological polar surface area (TPSA) is 57.5 Å². The lowest BCUT2D eigenvalue weighted by Crippen LogP contribution is -2.43. The molecule has 0 saturated heterocycles. The van der Waals surface area contributed by atoms with Crippen LogP contribution in [-0.2, 0) is 13.0 Å². The maximum absolute atomic E-state index is 4.30. The molecule has 0 bridgehead atoms. The number of para-hydroxylation sites is 1. The van der Waals surface area contributed by atoms with Gasteiger partial charge in [0.2, 0.25) is 0 Å². The average Bonchev–Trinajstić information content (AvgIpc) is 3.25. The minimum atomic E-state index is 0. The lowest BCUT2D eigenvalue weighted by molar-refractivity contribution is 0.569. The van der Waals surface area contributed by atoms with E-state index in [1.807, 2.05) is 30.2 Å². The van der Waals surface area contributed by atoms with Crippen molar-refractivity contribution in [2.45, 2.75) is 32.4 Å². The Kier molecular flexibility index (Phi) is 8.21. The third kappa shape index (κ3) is 5.36. The first kappa shape index (κ1) is 20.5. The molecule has 0 saturated carbocycles. The molecular weight excluding hydrogens is 439 g/mol. The van der Waals surface area contributed by atoms with E-state index < -0.39 is 0 Å². The van der Waals surface area contributed by atoms with Gasteiger partial charge in [-0.05, 0) is 37.5 Å². The number of nitrogens with zero attached hydrogens (tertiary/aromatic N) is 4. The van der Waals surface area contributed by atoms with Crippen LogP contribution in [0.1, 0.15) is 18.9 Å². The maximum atomic E-state index is 4.30. The molecule has 6 nitrogen and oxygen atoms in total. The van der Waals surface area contributed by atoms with Crippen molar-refractivity contribution in [2.24, 2.45) is 4.99 Å². The number of aliphatic imine (C=N–C) groups is 1. The molecular formula is C19H29IN6. The van der Waals surface area contributed by atoms with Crippen molar-refractivity contribution in [3.63, 3.8) is 0 Å². The second-order valence-corrected chi connectivity index (χ2v) is 6.42. The zero-order chi connectivity index (χ0) is 17.5. The van der Waals surface area contributed by atoms with E-state index in [4.69, 9.17) is 0 Å². The maximum Gasteiger partial charge on any atom is 0.191 e. The number of hydrogen-bond donors (Lipinski definition) is 2. The Morgan fingerprint density at radius 1 is 1.19 bits per heavy atom. The highest BCUT2D eigenvalue weighted by Crippen LogP contribution is 2.31. The van der Waals surface area contributed by atoms with Crippen LogP contribution in [0, 0.1) is 0 Å². The molecule has 0 aliphatic carbocycles. The predicted molar refractivity (Wildman–Crippen MR) is 119 cm³/mol. The first-order valence-corrected chi connectivity index (χ1v) is 9.04. The molecule has 0 amide bonds. The zero-order valence-electron chi connectivity index (χ0n) is 15.6. The predicted octanol–water partition coefficient (Wildman–Crippen LogP) is 2.51. The van der Waals surface area contributed by atoms with Crippen LogP contribution < -0.4 is 15.5 Å². The van der Waals surface area contributed by atoms with Crippen LogP contribution >= 0.6 is 24.0 Å². The highest BCUT2D eigenvalue weighted by atomic mass is 127. The SMILES string of the molecule is CN=C(NCCCn1cccn1)NCCN1c2ccccc2CC1C.I. The molecule has 2 heterocycles. The van der Waals surface area contributed by atoms with E-state index in [1.165, 1.54) is 11.3 Å². The fourth-order valence-electron chi connectivity index (χ4n) is 3.37. The van der Waals surface area contributed by atoms with Gasteiger partial charge in [0.05, 0.1) is 0 Å². The molecule has 1 aromatic carbocycles. The van der Waals surface area contributed by atoms with Gasteiger partial charge in [0.1, 0.15) is 0 Å². The van der Waals surface area contributed by atoms with Crippen LogP contribution in [0.3, 0.4) is 0 Å². The molecule has 142 valence electrons. The van der Waals surface area contributed by atoms with E-state index in [0.717, 1.165) is 45.0 Å². The van der Waals surface area contributed by atoms with E-state index in [2.05, 4.69) is 56.8 Å². The first-order chi connectivity index (χ1) is 12.3. The summed E-state index contributed by atoms with van der Waals surface area (Å²) in [7, 11) is 1.82. The summed E-state index contributed by atoms with van der Waals surface area (Å²) in [4.78, 5) is 6.78. The Bertz CT molecular complexity index is 685. The zero-order valence-corrected chi connectivity index (χ0v) is 17.9. The number of aromatic nitrogens is 2. The van der Waals surface area contributed by atoms with Gasteiger partial charge >= 0.3 is 0 Å². The molecule has 3 rings (SSSR count). The monoisotopic (exact) mass is 468 g/mol. The largest absolute Gasteiger partial charge is 0.367 e. The molecule has 26 heavy (non-hydrogen) atoms. The van der Waals surface area contributed by atoms with E-state index in [-0.39, 0.29) is 24.0 Å². The number of aryl methyl sites for hydroxylation is 1. The molecule has 1 aromatic heterocycles. The summed E-state index contributed by atoms with van der Waals surface area (Å²) >= 11 is 0. The van der Waals surface area contributed by atoms with E-state index in [9.17, 15) is 0 Å². The highest BCUT2D eigenvalue weighted by molar-refractivity contribution is 14.0. The summed E-state index contributed by atoms with van der Waals surface area (Å²) in [6.45, 7) is 5.94. The van der Waals surface area contributed by atoms with Crippen molar-refractivity contribution in [1.82, 2.24) is 20.4 Å². The summed E-state index contributed by atoms with van der Waals surface area (Å²) in [6.07, 6.45) is 5.95. The number of guanidine groups is 1. The lowest BCUT2D eigenvalue weighted by atomic mass is 10.1.